The fourth-order valence-corrected chi connectivity index (χ4v) is 2.05. The SMILES string of the molecule is CC[N+](CC)(CC)C1(C)CO1. The van der Waals surface area contributed by atoms with Crippen LogP contribution in [0.1, 0.15) is 27.7 Å². The molecule has 1 aliphatic rings. The van der Waals surface area contributed by atoms with Crippen LogP contribution in [0.3, 0.4) is 0 Å². The van der Waals surface area contributed by atoms with E-state index in [-0.39, 0.29) is 5.72 Å². The van der Waals surface area contributed by atoms with Gasteiger partial charge in [0.15, 0.2) is 0 Å². The number of epoxide rings is 1. The van der Waals surface area contributed by atoms with Gasteiger partial charge in [-0.15, -0.1) is 0 Å². The summed E-state index contributed by atoms with van der Waals surface area (Å²) >= 11 is 0. The van der Waals surface area contributed by atoms with Crippen molar-refractivity contribution < 1.29 is 9.22 Å². The van der Waals surface area contributed by atoms with Crippen LogP contribution in [0.2, 0.25) is 0 Å². The topological polar surface area (TPSA) is 12.5 Å². The van der Waals surface area contributed by atoms with Crippen molar-refractivity contribution in [3.8, 4) is 0 Å². The molecule has 1 heterocycles. The molecule has 1 unspecified atom stereocenters. The van der Waals surface area contributed by atoms with E-state index in [1.165, 1.54) is 19.6 Å². The molecule has 2 heteroatoms. The molecule has 0 bridgehead atoms. The average molecular weight is 158 g/mol. The van der Waals surface area contributed by atoms with E-state index < -0.39 is 0 Å². The predicted molar refractivity (Wildman–Crippen MR) is 46.2 cm³/mol. The van der Waals surface area contributed by atoms with E-state index >= 15 is 0 Å². The molecule has 1 aliphatic heterocycles. The van der Waals surface area contributed by atoms with Crippen molar-refractivity contribution in [3.05, 3.63) is 0 Å². The maximum absolute atomic E-state index is 5.51. The molecular formula is C9H20NO+. The second-order valence-electron chi connectivity index (χ2n) is 3.56. The Hall–Kier alpha value is -0.0800. The minimum absolute atomic E-state index is 0.151. The Morgan fingerprint density at radius 3 is 1.64 bits per heavy atom. The Morgan fingerprint density at radius 2 is 1.55 bits per heavy atom. The molecule has 0 saturated carbocycles. The molecule has 0 aliphatic carbocycles. The molecule has 1 fully saturated rings. The molecule has 0 spiro atoms. The molecule has 0 aromatic carbocycles. The molecule has 2 nitrogen and oxygen atoms in total. The van der Waals surface area contributed by atoms with E-state index in [1.807, 2.05) is 0 Å². The lowest BCUT2D eigenvalue weighted by Gasteiger charge is -2.39. The van der Waals surface area contributed by atoms with Crippen LogP contribution in [0, 0.1) is 0 Å². The summed E-state index contributed by atoms with van der Waals surface area (Å²) < 4.78 is 6.62. The van der Waals surface area contributed by atoms with Gasteiger partial charge in [0.25, 0.3) is 0 Å². The molecule has 1 saturated heterocycles. The van der Waals surface area contributed by atoms with Crippen molar-refractivity contribution in [1.29, 1.82) is 0 Å². The Morgan fingerprint density at radius 1 is 1.18 bits per heavy atom. The van der Waals surface area contributed by atoms with Crippen LogP contribution < -0.4 is 0 Å². The lowest BCUT2D eigenvalue weighted by atomic mass is 10.2. The van der Waals surface area contributed by atoms with Gasteiger partial charge in [-0.05, 0) is 20.8 Å². The third kappa shape index (κ3) is 1.18. The van der Waals surface area contributed by atoms with E-state index in [0.29, 0.717) is 0 Å². The largest absolute Gasteiger partial charge is 0.316 e. The van der Waals surface area contributed by atoms with Gasteiger partial charge in [-0.1, -0.05) is 0 Å². The second kappa shape index (κ2) is 2.76. The van der Waals surface area contributed by atoms with Crippen LogP contribution in [0.15, 0.2) is 0 Å². The fraction of sp³-hybridized carbons (Fsp3) is 1.00. The number of hydrogen-bond donors (Lipinski definition) is 0. The Kier molecular flexibility index (Phi) is 2.26. The Balaban J connectivity index is 2.71. The number of quaternary nitrogens is 1. The van der Waals surface area contributed by atoms with Gasteiger partial charge in [-0.2, -0.15) is 0 Å². The monoisotopic (exact) mass is 158 g/mol. The number of nitrogens with zero attached hydrogens (tertiary/aromatic N) is 1. The second-order valence-corrected chi connectivity index (χ2v) is 3.56. The van der Waals surface area contributed by atoms with Crippen LogP contribution >= 0.6 is 0 Å². The number of rotatable bonds is 4. The summed E-state index contributed by atoms with van der Waals surface area (Å²) in [6.07, 6.45) is 0. The molecule has 1 rings (SSSR count). The summed E-state index contributed by atoms with van der Waals surface area (Å²) in [6.45, 7) is 13.5. The van der Waals surface area contributed by atoms with Gasteiger partial charge in [0.2, 0.25) is 5.72 Å². The summed E-state index contributed by atoms with van der Waals surface area (Å²) in [7, 11) is 0. The van der Waals surface area contributed by atoms with E-state index in [9.17, 15) is 0 Å². The van der Waals surface area contributed by atoms with E-state index in [1.54, 1.807) is 0 Å². The molecular weight excluding hydrogens is 138 g/mol. The smallest absolute Gasteiger partial charge is 0.224 e. The molecule has 1 atom stereocenters. The first kappa shape index (κ1) is 9.01. The van der Waals surface area contributed by atoms with Crippen molar-refractivity contribution in [2.45, 2.75) is 33.4 Å². The maximum atomic E-state index is 5.51. The molecule has 11 heavy (non-hydrogen) atoms. The number of hydrogen-bond acceptors (Lipinski definition) is 1. The van der Waals surface area contributed by atoms with Crippen molar-refractivity contribution in [1.82, 2.24) is 0 Å². The average Bonchev–Trinajstić information content (AvgIpc) is 2.74. The lowest BCUT2D eigenvalue weighted by molar-refractivity contribution is -0.965. The van der Waals surface area contributed by atoms with Crippen LogP contribution in [0.5, 0.6) is 0 Å². The zero-order valence-corrected chi connectivity index (χ0v) is 8.18. The van der Waals surface area contributed by atoms with Gasteiger partial charge in [0.1, 0.15) is 6.61 Å². The molecule has 0 radical (unpaired) electrons. The normalized spacial score (nSPS) is 30.5. The molecule has 0 aromatic heterocycles. The summed E-state index contributed by atoms with van der Waals surface area (Å²) in [5.74, 6) is 0. The van der Waals surface area contributed by atoms with Gasteiger partial charge < -0.3 is 4.74 Å². The third-order valence-electron chi connectivity index (χ3n) is 3.38. The maximum Gasteiger partial charge on any atom is 0.224 e. The quantitative estimate of drug-likeness (QED) is 0.447. The predicted octanol–water partition coefficient (Wildman–Crippen LogP) is 1.61. The standard InChI is InChI=1S/C9H20NO/c1-5-10(6-2,7-3)9(4)8-11-9/h5-8H2,1-4H3/q+1. The van der Waals surface area contributed by atoms with Crippen molar-refractivity contribution in [2.24, 2.45) is 0 Å². The first-order chi connectivity index (χ1) is 5.14. The van der Waals surface area contributed by atoms with Crippen molar-refractivity contribution in [3.63, 3.8) is 0 Å². The first-order valence-corrected chi connectivity index (χ1v) is 4.64. The van der Waals surface area contributed by atoms with Crippen LogP contribution in [0.4, 0.5) is 0 Å². The lowest BCUT2D eigenvalue weighted by Crippen LogP contribution is -2.56. The molecule has 0 N–H and O–H groups in total. The van der Waals surface area contributed by atoms with Crippen molar-refractivity contribution >= 4 is 0 Å². The highest BCUT2D eigenvalue weighted by Crippen LogP contribution is 2.37. The molecule has 0 aromatic rings. The highest BCUT2D eigenvalue weighted by Gasteiger charge is 2.56. The Labute approximate surface area is 69.7 Å². The van der Waals surface area contributed by atoms with Crippen molar-refractivity contribution in [2.75, 3.05) is 26.2 Å². The van der Waals surface area contributed by atoms with E-state index in [4.69, 9.17) is 4.74 Å². The number of ether oxygens (including phenoxy) is 1. The van der Waals surface area contributed by atoms with Gasteiger partial charge in [-0.3, -0.25) is 4.48 Å². The van der Waals surface area contributed by atoms with Gasteiger partial charge >= 0.3 is 0 Å². The van der Waals surface area contributed by atoms with Crippen LogP contribution in [-0.4, -0.2) is 36.4 Å². The van der Waals surface area contributed by atoms with E-state index in [2.05, 4.69) is 27.7 Å². The highest BCUT2D eigenvalue weighted by atomic mass is 16.6. The van der Waals surface area contributed by atoms with Gasteiger partial charge in [-0.25, -0.2) is 0 Å². The number of likely N-dealkylation sites (N-methyl/N-ethyl adjacent to an activating group) is 1. The highest BCUT2D eigenvalue weighted by molar-refractivity contribution is 4.77. The van der Waals surface area contributed by atoms with Crippen LogP contribution in [0.25, 0.3) is 0 Å². The summed E-state index contributed by atoms with van der Waals surface area (Å²) in [4.78, 5) is 0. The minimum Gasteiger partial charge on any atom is -0.316 e. The zero-order valence-electron chi connectivity index (χ0n) is 8.18. The molecule has 0 amide bonds. The first-order valence-electron chi connectivity index (χ1n) is 4.64. The fourth-order valence-electron chi connectivity index (χ4n) is 2.05. The minimum atomic E-state index is 0.151. The summed E-state index contributed by atoms with van der Waals surface area (Å²) in [5, 5.41) is 0. The van der Waals surface area contributed by atoms with E-state index in [0.717, 1.165) is 11.1 Å². The summed E-state index contributed by atoms with van der Waals surface area (Å²) in [5.41, 5.74) is 0.151. The molecule has 66 valence electrons. The van der Waals surface area contributed by atoms with Gasteiger partial charge in [0, 0.05) is 6.92 Å². The summed E-state index contributed by atoms with van der Waals surface area (Å²) in [6, 6.07) is 0. The third-order valence-corrected chi connectivity index (χ3v) is 3.38. The van der Waals surface area contributed by atoms with Crippen LogP contribution in [-0.2, 0) is 4.74 Å². The Bertz CT molecular complexity index is 128. The van der Waals surface area contributed by atoms with Gasteiger partial charge in [0.05, 0.1) is 19.6 Å². The zero-order chi connectivity index (χ0) is 8.54.